The van der Waals surface area contributed by atoms with Crippen LogP contribution >= 0.6 is 0 Å². The second-order valence-electron chi connectivity index (χ2n) is 4.20. The van der Waals surface area contributed by atoms with Gasteiger partial charge >= 0.3 is 0 Å². The van der Waals surface area contributed by atoms with Gasteiger partial charge in [0.25, 0.3) is 0 Å². The molecule has 1 aromatic rings. The van der Waals surface area contributed by atoms with Crippen molar-refractivity contribution in [1.82, 2.24) is 0 Å². The fourth-order valence-electron chi connectivity index (χ4n) is 3.05. The van der Waals surface area contributed by atoms with Gasteiger partial charge in [-0.15, -0.1) is 0 Å². The number of hydrogen-bond acceptors (Lipinski definition) is 0. The molecule has 12 heavy (non-hydrogen) atoms. The van der Waals surface area contributed by atoms with Crippen LogP contribution in [0.4, 0.5) is 0 Å². The zero-order valence-electron chi connectivity index (χ0n) is 7.29. The van der Waals surface area contributed by atoms with E-state index >= 15 is 0 Å². The van der Waals surface area contributed by atoms with Gasteiger partial charge in [-0.2, -0.15) is 0 Å². The Hall–Kier alpha value is -0.780. The summed E-state index contributed by atoms with van der Waals surface area (Å²) in [5, 5.41) is 0. The molecule has 0 nitrogen and oxygen atoms in total. The van der Waals surface area contributed by atoms with Crippen molar-refractivity contribution in [3.8, 4) is 0 Å². The highest BCUT2D eigenvalue weighted by Gasteiger charge is 2.35. The van der Waals surface area contributed by atoms with Gasteiger partial charge < -0.3 is 0 Å². The Morgan fingerprint density at radius 1 is 1.08 bits per heavy atom. The summed E-state index contributed by atoms with van der Waals surface area (Å²) < 4.78 is 0. The van der Waals surface area contributed by atoms with Gasteiger partial charge in [-0.05, 0) is 42.2 Å². The van der Waals surface area contributed by atoms with E-state index in [4.69, 9.17) is 0 Å². The number of hydrogen-bond donors (Lipinski definition) is 0. The summed E-state index contributed by atoms with van der Waals surface area (Å²) in [6.45, 7) is 0. The number of rotatable bonds is 0. The summed E-state index contributed by atoms with van der Waals surface area (Å²) in [6.07, 6.45) is 5.74. The molecule has 0 radical (unpaired) electrons. The number of benzene rings is 1. The van der Waals surface area contributed by atoms with Gasteiger partial charge in [0.2, 0.25) is 0 Å². The lowest BCUT2D eigenvalue weighted by Crippen LogP contribution is -1.97. The van der Waals surface area contributed by atoms with Crippen LogP contribution in [0.5, 0.6) is 0 Å². The lowest BCUT2D eigenvalue weighted by molar-refractivity contribution is 0.527. The minimum absolute atomic E-state index is 0.932. The Labute approximate surface area is 73.6 Å². The van der Waals surface area contributed by atoms with Crippen LogP contribution < -0.4 is 0 Å². The lowest BCUT2D eigenvalue weighted by Gasteiger charge is -2.08. The van der Waals surface area contributed by atoms with Crippen molar-refractivity contribution in [2.75, 3.05) is 0 Å². The third-order valence-corrected chi connectivity index (χ3v) is 3.60. The van der Waals surface area contributed by atoms with E-state index in [0.717, 1.165) is 11.8 Å². The molecule has 3 rings (SSSR count). The van der Waals surface area contributed by atoms with Crippen molar-refractivity contribution in [3.63, 3.8) is 0 Å². The van der Waals surface area contributed by atoms with E-state index in [1.165, 1.54) is 25.7 Å². The molecule has 0 heteroatoms. The Balaban J connectivity index is 2.09. The van der Waals surface area contributed by atoms with Crippen molar-refractivity contribution in [2.45, 2.75) is 31.6 Å². The van der Waals surface area contributed by atoms with Crippen molar-refractivity contribution in [2.24, 2.45) is 5.92 Å². The molecule has 1 saturated carbocycles. The van der Waals surface area contributed by atoms with Crippen LogP contribution in [0.3, 0.4) is 0 Å². The fourth-order valence-corrected chi connectivity index (χ4v) is 3.05. The second-order valence-corrected chi connectivity index (χ2v) is 4.20. The highest BCUT2D eigenvalue weighted by molar-refractivity contribution is 5.36. The first-order valence-corrected chi connectivity index (χ1v) is 5.03. The maximum atomic E-state index is 2.34. The Bertz CT molecular complexity index is 301. The van der Waals surface area contributed by atoms with E-state index in [1.807, 2.05) is 0 Å². The first-order valence-electron chi connectivity index (χ1n) is 5.03. The van der Waals surface area contributed by atoms with Crippen molar-refractivity contribution in [3.05, 3.63) is 35.4 Å². The Morgan fingerprint density at radius 3 is 3.00 bits per heavy atom. The average Bonchev–Trinajstić information content (AvgIpc) is 2.62. The van der Waals surface area contributed by atoms with Gasteiger partial charge in [-0.3, -0.25) is 0 Å². The molecule has 0 unspecified atom stereocenters. The summed E-state index contributed by atoms with van der Waals surface area (Å²) in [5.74, 6) is 1.93. The maximum Gasteiger partial charge on any atom is -0.0128 e. The van der Waals surface area contributed by atoms with Crippen molar-refractivity contribution >= 4 is 0 Å². The Kier molecular flexibility index (Phi) is 1.31. The summed E-state index contributed by atoms with van der Waals surface area (Å²) >= 11 is 0. The zero-order chi connectivity index (χ0) is 7.97. The molecule has 1 aromatic carbocycles. The number of fused-ring (bicyclic) bond motifs is 3. The van der Waals surface area contributed by atoms with Crippen LogP contribution in [0.15, 0.2) is 24.3 Å². The molecule has 0 spiro atoms. The molecule has 0 bridgehead atoms. The summed E-state index contributed by atoms with van der Waals surface area (Å²) in [7, 11) is 0. The lowest BCUT2D eigenvalue weighted by atomic mass is 9.97. The van der Waals surface area contributed by atoms with Crippen LogP contribution in [0.1, 0.15) is 36.3 Å². The molecule has 1 fully saturated rings. The molecular formula is C12H14. The second kappa shape index (κ2) is 2.35. The molecule has 2 aliphatic rings. The predicted octanol–water partition coefficient (Wildman–Crippen LogP) is 3.13. The molecular weight excluding hydrogens is 144 g/mol. The van der Waals surface area contributed by atoms with Crippen LogP contribution in [0.25, 0.3) is 0 Å². The molecule has 0 saturated heterocycles. The third-order valence-electron chi connectivity index (χ3n) is 3.60. The molecule has 62 valence electrons. The van der Waals surface area contributed by atoms with E-state index in [9.17, 15) is 0 Å². The molecule has 0 N–H and O–H groups in total. The molecule has 0 heterocycles. The molecule has 2 aliphatic carbocycles. The minimum atomic E-state index is 0.932. The van der Waals surface area contributed by atoms with Crippen LogP contribution in [0.2, 0.25) is 0 Å². The van der Waals surface area contributed by atoms with Gasteiger partial charge in [0.1, 0.15) is 0 Å². The van der Waals surface area contributed by atoms with Crippen LogP contribution in [0, 0.1) is 5.92 Å². The first kappa shape index (κ1) is 6.71. The largest absolute Gasteiger partial charge is 0.0620 e. The molecule has 2 atom stereocenters. The highest BCUT2D eigenvalue weighted by Crippen LogP contribution is 2.47. The van der Waals surface area contributed by atoms with Gasteiger partial charge in [-0.25, -0.2) is 0 Å². The topological polar surface area (TPSA) is 0 Å². The van der Waals surface area contributed by atoms with E-state index in [1.54, 1.807) is 11.1 Å². The molecule has 0 amide bonds. The van der Waals surface area contributed by atoms with E-state index in [2.05, 4.69) is 24.3 Å². The van der Waals surface area contributed by atoms with E-state index in [-0.39, 0.29) is 0 Å². The van der Waals surface area contributed by atoms with Gasteiger partial charge in [-0.1, -0.05) is 30.7 Å². The Morgan fingerprint density at radius 2 is 2.00 bits per heavy atom. The minimum Gasteiger partial charge on any atom is -0.0620 e. The standard InChI is InChI=1S/C12H14/c1-2-6-11-9(4-1)8-10-5-3-7-12(10)11/h1-2,4,6,10,12H,3,5,7-8H2/t10-,12+/m1/s1. The van der Waals surface area contributed by atoms with Gasteiger partial charge in [0.05, 0.1) is 0 Å². The van der Waals surface area contributed by atoms with Crippen LogP contribution in [-0.4, -0.2) is 0 Å². The van der Waals surface area contributed by atoms with Gasteiger partial charge in [0.15, 0.2) is 0 Å². The SMILES string of the molecule is c1ccc2c(c1)C[C@H]1CCC[C@H]21. The fraction of sp³-hybridized carbons (Fsp3) is 0.500. The van der Waals surface area contributed by atoms with Crippen molar-refractivity contribution in [1.29, 1.82) is 0 Å². The highest BCUT2D eigenvalue weighted by atomic mass is 14.4. The quantitative estimate of drug-likeness (QED) is 0.544. The molecule has 0 aliphatic heterocycles. The predicted molar refractivity (Wildman–Crippen MR) is 50.2 cm³/mol. The zero-order valence-corrected chi connectivity index (χ0v) is 7.29. The first-order chi connectivity index (χ1) is 5.95. The van der Waals surface area contributed by atoms with Gasteiger partial charge in [0, 0.05) is 0 Å². The summed E-state index contributed by atoms with van der Waals surface area (Å²) in [5.41, 5.74) is 3.30. The van der Waals surface area contributed by atoms with Crippen LogP contribution in [-0.2, 0) is 6.42 Å². The molecule has 0 aromatic heterocycles. The summed E-state index contributed by atoms with van der Waals surface area (Å²) in [6, 6.07) is 9.03. The van der Waals surface area contributed by atoms with Crippen molar-refractivity contribution < 1.29 is 0 Å². The summed E-state index contributed by atoms with van der Waals surface area (Å²) in [4.78, 5) is 0. The third kappa shape index (κ3) is 0.782. The average molecular weight is 158 g/mol. The monoisotopic (exact) mass is 158 g/mol. The normalized spacial score (nSPS) is 31.7. The van der Waals surface area contributed by atoms with E-state index in [0.29, 0.717) is 0 Å². The van der Waals surface area contributed by atoms with E-state index < -0.39 is 0 Å². The smallest absolute Gasteiger partial charge is 0.0128 e. The maximum absolute atomic E-state index is 2.34.